The van der Waals surface area contributed by atoms with E-state index in [1.807, 2.05) is 53.4 Å². The number of nitrogens with zero attached hydrogens (tertiary/aromatic N) is 3. The van der Waals surface area contributed by atoms with Crippen molar-refractivity contribution in [1.82, 2.24) is 15.1 Å². The predicted molar refractivity (Wildman–Crippen MR) is 110 cm³/mol. The van der Waals surface area contributed by atoms with Crippen LogP contribution in [-0.4, -0.2) is 27.7 Å². The third-order valence-corrected chi connectivity index (χ3v) is 5.51. The molecule has 1 aromatic carbocycles. The van der Waals surface area contributed by atoms with Crippen LogP contribution in [0.2, 0.25) is 0 Å². The molecule has 0 saturated carbocycles. The fourth-order valence-corrected chi connectivity index (χ4v) is 4.08. The number of rotatable bonds is 8. The number of para-hydroxylation sites is 1. The van der Waals surface area contributed by atoms with Gasteiger partial charge in [0.15, 0.2) is 6.61 Å². The number of carbonyl (C=O) groups excluding carboxylic acids is 1. The molecule has 0 unspecified atom stereocenters. The zero-order chi connectivity index (χ0) is 20.1. The second-order valence-electron chi connectivity index (χ2n) is 5.93. The minimum absolute atomic E-state index is 0.0683. The Hall–Kier alpha value is -3.04. The van der Waals surface area contributed by atoms with Crippen molar-refractivity contribution in [3.05, 3.63) is 58.1 Å². The monoisotopic (exact) mass is 427 g/mol. The third-order valence-electron chi connectivity index (χ3n) is 3.90. The summed E-state index contributed by atoms with van der Waals surface area (Å²) in [4.78, 5) is 20.9. The summed E-state index contributed by atoms with van der Waals surface area (Å²) in [6.45, 7) is 2.44. The molecule has 7 nitrogen and oxygen atoms in total. The van der Waals surface area contributed by atoms with Crippen molar-refractivity contribution >= 4 is 28.6 Å². The number of ether oxygens (including phenoxy) is 2. The number of carbonyl (C=O) groups is 1. The molecule has 0 spiro atoms. The van der Waals surface area contributed by atoms with Crippen LogP contribution in [0.5, 0.6) is 5.75 Å². The molecule has 0 atom stereocenters. The fraction of sp³-hybridized carbons (Fsp3) is 0.200. The summed E-state index contributed by atoms with van der Waals surface area (Å²) in [6.07, 6.45) is 0.0683. The van der Waals surface area contributed by atoms with Gasteiger partial charge in [0.25, 0.3) is 5.89 Å². The SMILES string of the molecule is CCOc1ccccc1-c1nc(CC(=O)OCc2nc(-c3ccsc3)no2)cs1. The van der Waals surface area contributed by atoms with Gasteiger partial charge in [0.2, 0.25) is 5.82 Å². The smallest absolute Gasteiger partial charge is 0.312 e. The number of hydrogen-bond acceptors (Lipinski definition) is 9. The lowest BCUT2D eigenvalue weighted by atomic mass is 10.2. The van der Waals surface area contributed by atoms with Crippen LogP contribution >= 0.6 is 22.7 Å². The first kappa shape index (κ1) is 19.3. The summed E-state index contributed by atoms with van der Waals surface area (Å²) in [5.41, 5.74) is 2.43. The quantitative estimate of drug-likeness (QED) is 0.380. The largest absolute Gasteiger partial charge is 0.493 e. The maximum Gasteiger partial charge on any atom is 0.312 e. The highest BCUT2D eigenvalue weighted by Gasteiger charge is 2.15. The van der Waals surface area contributed by atoms with E-state index in [2.05, 4.69) is 15.1 Å². The van der Waals surface area contributed by atoms with E-state index in [0.29, 0.717) is 18.1 Å². The lowest BCUT2D eigenvalue weighted by Crippen LogP contribution is -2.08. The van der Waals surface area contributed by atoms with E-state index in [0.717, 1.165) is 21.9 Å². The average molecular weight is 428 g/mol. The van der Waals surface area contributed by atoms with Crippen LogP contribution < -0.4 is 4.74 Å². The summed E-state index contributed by atoms with van der Waals surface area (Å²) in [7, 11) is 0. The number of thiazole rings is 1. The molecular formula is C20H17N3O4S2. The van der Waals surface area contributed by atoms with Crippen molar-refractivity contribution < 1.29 is 18.8 Å². The first-order chi connectivity index (χ1) is 14.2. The van der Waals surface area contributed by atoms with Crippen LogP contribution in [0, 0.1) is 0 Å². The summed E-state index contributed by atoms with van der Waals surface area (Å²) in [5, 5.41) is 10.4. The van der Waals surface area contributed by atoms with Gasteiger partial charge in [-0.05, 0) is 30.5 Å². The van der Waals surface area contributed by atoms with E-state index in [4.69, 9.17) is 14.0 Å². The first-order valence-electron chi connectivity index (χ1n) is 8.90. The van der Waals surface area contributed by atoms with E-state index in [9.17, 15) is 4.79 Å². The second kappa shape index (κ2) is 8.97. The first-order valence-corrected chi connectivity index (χ1v) is 10.7. The maximum absolute atomic E-state index is 12.2. The number of hydrogen-bond donors (Lipinski definition) is 0. The molecule has 4 rings (SSSR count). The van der Waals surface area contributed by atoms with Gasteiger partial charge in [-0.1, -0.05) is 17.3 Å². The highest BCUT2D eigenvalue weighted by atomic mass is 32.1. The molecule has 3 aromatic heterocycles. The zero-order valence-electron chi connectivity index (χ0n) is 15.5. The molecule has 0 radical (unpaired) electrons. The highest BCUT2D eigenvalue weighted by molar-refractivity contribution is 7.13. The van der Waals surface area contributed by atoms with E-state index >= 15 is 0 Å². The molecule has 148 valence electrons. The van der Waals surface area contributed by atoms with Crippen LogP contribution in [-0.2, 0) is 22.6 Å². The highest BCUT2D eigenvalue weighted by Crippen LogP contribution is 2.32. The summed E-state index contributed by atoms with van der Waals surface area (Å²) >= 11 is 3.01. The molecular weight excluding hydrogens is 410 g/mol. The molecule has 0 aliphatic heterocycles. The Bertz CT molecular complexity index is 1090. The van der Waals surface area contributed by atoms with Crippen LogP contribution in [0.3, 0.4) is 0 Å². The van der Waals surface area contributed by atoms with Gasteiger partial charge in [0.1, 0.15) is 10.8 Å². The lowest BCUT2D eigenvalue weighted by Gasteiger charge is -2.07. The lowest BCUT2D eigenvalue weighted by molar-refractivity contribution is -0.144. The van der Waals surface area contributed by atoms with E-state index in [1.54, 1.807) is 11.3 Å². The van der Waals surface area contributed by atoms with Gasteiger partial charge in [-0.2, -0.15) is 16.3 Å². The summed E-state index contributed by atoms with van der Waals surface area (Å²) in [5.74, 6) is 1.10. The number of esters is 1. The van der Waals surface area contributed by atoms with Gasteiger partial charge < -0.3 is 14.0 Å². The molecule has 0 saturated heterocycles. The van der Waals surface area contributed by atoms with Crippen molar-refractivity contribution in [2.24, 2.45) is 0 Å². The Labute approximate surface area is 175 Å². The Morgan fingerprint density at radius 2 is 2.07 bits per heavy atom. The van der Waals surface area contributed by atoms with Crippen molar-refractivity contribution in [3.63, 3.8) is 0 Å². The van der Waals surface area contributed by atoms with Gasteiger partial charge >= 0.3 is 5.97 Å². The van der Waals surface area contributed by atoms with E-state index in [-0.39, 0.29) is 18.9 Å². The molecule has 0 amide bonds. The molecule has 3 heterocycles. The predicted octanol–water partition coefficient (Wildman–Crippen LogP) is 4.61. The van der Waals surface area contributed by atoms with Crippen molar-refractivity contribution in [2.75, 3.05) is 6.61 Å². The molecule has 29 heavy (non-hydrogen) atoms. The molecule has 9 heteroatoms. The number of thiophene rings is 1. The van der Waals surface area contributed by atoms with Crippen molar-refractivity contribution in [2.45, 2.75) is 20.0 Å². The minimum Gasteiger partial charge on any atom is -0.493 e. The third kappa shape index (κ3) is 4.69. The van der Waals surface area contributed by atoms with Gasteiger partial charge in [0, 0.05) is 16.3 Å². The van der Waals surface area contributed by atoms with Gasteiger partial charge in [-0.25, -0.2) is 4.98 Å². The Balaban J connectivity index is 1.35. The fourth-order valence-electron chi connectivity index (χ4n) is 2.60. The summed E-state index contributed by atoms with van der Waals surface area (Å²) in [6, 6.07) is 9.61. The standard InChI is InChI=1S/C20H17N3O4S2/c1-2-25-16-6-4-3-5-15(16)20-21-14(12-29-20)9-18(24)26-10-17-22-19(23-27-17)13-7-8-28-11-13/h3-8,11-12H,2,9-10H2,1H3. The molecule has 0 bridgehead atoms. The van der Waals surface area contributed by atoms with Crippen LogP contribution in [0.4, 0.5) is 0 Å². The number of benzene rings is 1. The van der Waals surface area contributed by atoms with Gasteiger partial charge in [0.05, 0.1) is 24.3 Å². The van der Waals surface area contributed by atoms with Crippen molar-refractivity contribution in [1.29, 1.82) is 0 Å². The zero-order valence-corrected chi connectivity index (χ0v) is 17.2. The number of aromatic nitrogens is 3. The molecule has 4 aromatic rings. The maximum atomic E-state index is 12.2. The second-order valence-corrected chi connectivity index (χ2v) is 7.57. The molecule has 0 fully saturated rings. The van der Waals surface area contributed by atoms with Crippen LogP contribution in [0.15, 0.2) is 51.0 Å². The Kier molecular flexibility index (Phi) is 5.97. The Morgan fingerprint density at radius 1 is 1.17 bits per heavy atom. The van der Waals surface area contributed by atoms with Crippen LogP contribution in [0.25, 0.3) is 22.0 Å². The molecule has 0 aliphatic carbocycles. The van der Waals surface area contributed by atoms with Gasteiger partial charge in [-0.15, -0.1) is 11.3 Å². The minimum atomic E-state index is -0.407. The molecule has 0 aliphatic rings. The normalized spacial score (nSPS) is 10.8. The topological polar surface area (TPSA) is 87.3 Å². The van der Waals surface area contributed by atoms with Crippen molar-refractivity contribution in [3.8, 4) is 27.7 Å². The van der Waals surface area contributed by atoms with Crippen LogP contribution in [0.1, 0.15) is 18.5 Å². The average Bonchev–Trinajstić information content (AvgIpc) is 3.48. The molecule has 0 N–H and O–H groups in total. The summed E-state index contributed by atoms with van der Waals surface area (Å²) < 4.78 is 16.0. The van der Waals surface area contributed by atoms with E-state index < -0.39 is 5.97 Å². The Morgan fingerprint density at radius 3 is 2.90 bits per heavy atom. The van der Waals surface area contributed by atoms with Gasteiger partial charge in [-0.3, -0.25) is 4.79 Å². The van der Waals surface area contributed by atoms with E-state index in [1.165, 1.54) is 11.3 Å².